The molecule has 0 spiro atoms. The Morgan fingerprint density at radius 2 is 2.22 bits per heavy atom. The Kier molecular flexibility index (Phi) is 5.20. The van der Waals surface area contributed by atoms with E-state index in [-0.39, 0.29) is 23.4 Å². The van der Waals surface area contributed by atoms with Gasteiger partial charge in [0.25, 0.3) is 5.91 Å². The molecule has 23 heavy (non-hydrogen) atoms. The topological polar surface area (TPSA) is 69.0 Å². The third-order valence-electron chi connectivity index (χ3n) is 2.78. The highest BCUT2D eigenvalue weighted by atomic mass is 19.4. The molecule has 2 heterocycles. The number of hydrogen-bond acceptors (Lipinski definition) is 4. The van der Waals surface area contributed by atoms with Crippen molar-refractivity contribution in [1.29, 1.82) is 0 Å². The highest BCUT2D eigenvalue weighted by molar-refractivity contribution is 5.94. The van der Waals surface area contributed by atoms with Crippen molar-refractivity contribution in [3.8, 4) is 5.88 Å². The molecule has 0 fully saturated rings. The average Bonchev–Trinajstić information content (AvgIpc) is 2.97. The van der Waals surface area contributed by atoms with Crippen molar-refractivity contribution in [1.82, 2.24) is 20.1 Å². The molecule has 0 aliphatic carbocycles. The Morgan fingerprint density at radius 1 is 1.43 bits per heavy atom. The van der Waals surface area contributed by atoms with E-state index in [0.717, 1.165) is 0 Å². The van der Waals surface area contributed by atoms with Gasteiger partial charge in [0.1, 0.15) is 0 Å². The van der Waals surface area contributed by atoms with E-state index in [4.69, 9.17) is 0 Å². The second-order valence-electron chi connectivity index (χ2n) is 4.89. The van der Waals surface area contributed by atoms with Crippen LogP contribution in [0, 0.1) is 0 Å². The number of aromatic nitrogens is 3. The fourth-order valence-corrected chi connectivity index (χ4v) is 1.80. The predicted molar refractivity (Wildman–Crippen MR) is 74.9 cm³/mol. The highest BCUT2D eigenvalue weighted by Crippen LogP contribution is 2.17. The summed E-state index contributed by atoms with van der Waals surface area (Å²) in [4.78, 5) is 15.7. The summed E-state index contributed by atoms with van der Waals surface area (Å²) in [5.74, 6) is -0.567. The normalized spacial score (nSPS) is 12.7. The van der Waals surface area contributed by atoms with Gasteiger partial charge in [0, 0.05) is 30.7 Å². The van der Waals surface area contributed by atoms with Crippen molar-refractivity contribution in [3.63, 3.8) is 0 Å². The molecule has 0 aromatic carbocycles. The number of hydrogen-bond donors (Lipinski definition) is 1. The number of rotatable bonds is 6. The minimum absolute atomic E-state index is 0.177. The summed E-state index contributed by atoms with van der Waals surface area (Å²) in [6, 6.07) is 4.18. The van der Waals surface area contributed by atoms with Gasteiger partial charge >= 0.3 is 6.18 Å². The first-order valence-electron chi connectivity index (χ1n) is 6.77. The van der Waals surface area contributed by atoms with E-state index < -0.39 is 12.8 Å². The summed E-state index contributed by atoms with van der Waals surface area (Å²) in [5.41, 5.74) is 0.233. The first-order valence-corrected chi connectivity index (χ1v) is 6.77. The molecule has 0 aliphatic rings. The van der Waals surface area contributed by atoms with Gasteiger partial charge in [-0.1, -0.05) is 0 Å². The molecule has 2 rings (SSSR count). The zero-order valence-corrected chi connectivity index (χ0v) is 12.2. The highest BCUT2D eigenvalue weighted by Gasteiger charge is 2.28. The Bertz CT molecular complexity index is 626. The molecular formula is C14H15F3N4O2. The lowest BCUT2D eigenvalue weighted by atomic mass is 10.2. The first kappa shape index (κ1) is 16.8. The number of ether oxygens (including phenoxy) is 1. The van der Waals surface area contributed by atoms with Crippen molar-refractivity contribution in [2.45, 2.75) is 25.7 Å². The summed E-state index contributed by atoms with van der Waals surface area (Å²) < 4.78 is 42.2. The fourth-order valence-electron chi connectivity index (χ4n) is 1.80. The number of halogens is 3. The van der Waals surface area contributed by atoms with Gasteiger partial charge in [-0.15, -0.1) is 0 Å². The van der Waals surface area contributed by atoms with Gasteiger partial charge in [-0.25, -0.2) is 4.98 Å². The van der Waals surface area contributed by atoms with Crippen LogP contribution in [0.15, 0.2) is 36.8 Å². The van der Waals surface area contributed by atoms with Crippen molar-refractivity contribution in [2.75, 3.05) is 6.61 Å². The van der Waals surface area contributed by atoms with Gasteiger partial charge in [0.05, 0.1) is 12.1 Å². The second-order valence-corrected chi connectivity index (χ2v) is 4.89. The van der Waals surface area contributed by atoms with Gasteiger partial charge in [0.15, 0.2) is 6.61 Å². The molecule has 0 unspecified atom stereocenters. The van der Waals surface area contributed by atoms with Crippen LogP contribution < -0.4 is 10.1 Å². The molecule has 1 atom stereocenters. The number of nitrogens with one attached hydrogen (secondary N) is 1. The molecular weight excluding hydrogens is 313 g/mol. The van der Waals surface area contributed by atoms with Crippen LogP contribution in [0.3, 0.4) is 0 Å². The van der Waals surface area contributed by atoms with Crippen LogP contribution in [0.2, 0.25) is 0 Å². The van der Waals surface area contributed by atoms with E-state index in [9.17, 15) is 18.0 Å². The number of alkyl halides is 3. The van der Waals surface area contributed by atoms with Crippen LogP contribution in [0.25, 0.3) is 0 Å². The van der Waals surface area contributed by atoms with E-state index >= 15 is 0 Å². The molecule has 2 aromatic rings. The molecule has 2 aromatic heterocycles. The zero-order valence-electron chi connectivity index (χ0n) is 12.2. The molecule has 0 aliphatic heterocycles. The van der Waals surface area contributed by atoms with Gasteiger partial charge in [0.2, 0.25) is 5.88 Å². The molecule has 124 valence electrons. The third kappa shape index (κ3) is 5.61. The van der Waals surface area contributed by atoms with Crippen LogP contribution in [0.5, 0.6) is 5.88 Å². The molecule has 0 radical (unpaired) electrons. The number of carbonyl (C=O) groups is 1. The second kappa shape index (κ2) is 7.12. The molecule has 0 saturated heterocycles. The largest absolute Gasteiger partial charge is 0.468 e. The number of pyridine rings is 1. The Morgan fingerprint density at radius 3 is 2.78 bits per heavy atom. The van der Waals surface area contributed by atoms with Crippen LogP contribution in [-0.2, 0) is 6.54 Å². The zero-order chi connectivity index (χ0) is 16.9. The Balaban J connectivity index is 1.87. The smallest absolute Gasteiger partial charge is 0.422 e. The van der Waals surface area contributed by atoms with Crippen LogP contribution >= 0.6 is 0 Å². The van der Waals surface area contributed by atoms with Gasteiger partial charge in [-0.05, 0) is 19.1 Å². The summed E-state index contributed by atoms with van der Waals surface area (Å²) in [6.07, 6.45) is 0.149. The van der Waals surface area contributed by atoms with E-state index in [2.05, 4.69) is 20.1 Å². The quantitative estimate of drug-likeness (QED) is 0.881. The van der Waals surface area contributed by atoms with E-state index in [1.54, 1.807) is 23.1 Å². The molecule has 6 nitrogen and oxygen atoms in total. The molecule has 0 bridgehead atoms. The van der Waals surface area contributed by atoms with Crippen molar-refractivity contribution in [3.05, 3.63) is 42.4 Å². The van der Waals surface area contributed by atoms with E-state index in [1.807, 2.05) is 6.92 Å². The predicted octanol–water partition coefficient (Wildman–Crippen LogP) is 2.04. The molecule has 1 N–H and O–H groups in total. The number of carbonyl (C=O) groups excluding carboxylic acids is 1. The van der Waals surface area contributed by atoms with E-state index in [1.165, 1.54) is 18.3 Å². The number of amides is 1. The number of nitrogens with zero attached hydrogens (tertiary/aromatic N) is 3. The van der Waals surface area contributed by atoms with Crippen molar-refractivity contribution >= 4 is 5.91 Å². The van der Waals surface area contributed by atoms with Crippen LogP contribution in [0.4, 0.5) is 13.2 Å². The van der Waals surface area contributed by atoms with Crippen molar-refractivity contribution in [2.24, 2.45) is 0 Å². The summed E-state index contributed by atoms with van der Waals surface area (Å²) in [6.45, 7) is 0.888. The maximum Gasteiger partial charge on any atom is 0.422 e. The van der Waals surface area contributed by atoms with Gasteiger partial charge in [-0.2, -0.15) is 18.3 Å². The summed E-state index contributed by atoms with van der Waals surface area (Å²) >= 11 is 0. The monoisotopic (exact) mass is 328 g/mol. The molecule has 9 heteroatoms. The fraction of sp³-hybridized carbons (Fsp3) is 0.357. The lowest BCUT2D eigenvalue weighted by Crippen LogP contribution is -2.35. The van der Waals surface area contributed by atoms with E-state index in [0.29, 0.717) is 6.54 Å². The Hall–Kier alpha value is -2.58. The van der Waals surface area contributed by atoms with Gasteiger partial charge in [-0.3, -0.25) is 9.48 Å². The van der Waals surface area contributed by atoms with Crippen LogP contribution in [-0.4, -0.2) is 39.5 Å². The Labute approximate surface area is 130 Å². The standard InChI is InChI=1S/C14H15F3N4O2/c1-10(8-21-6-2-5-19-21)20-13(22)11-3-4-12(18-7-11)23-9-14(15,16)17/h2-7,10H,8-9H2,1H3,(H,20,22)/t10-/m0/s1. The lowest BCUT2D eigenvalue weighted by Gasteiger charge is -2.14. The first-order chi connectivity index (χ1) is 10.8. The van der Waals surface area contributed by atoms with Crippen molar-refractivity contribution < 1.29 is 22.7 Å². The van der Waals surface area contributed by atoms with Crippen LogP contribution in [0.1, 0.15) is 17.3 Å². The molecule has 1 amide bonds. The minimum Gasteiger partial charge on any atom is -0.468 e. The third-order valence-corrected chi connectivity index (χ3v) is 2.78. The maximum absolute atomic E-state index is 12.0. The maximum atomic E-state index is 12.0. The average molecular weight is 328 g/mol. The van der Waals surface area contributed by atoms with Gasteiger partial charge < -0.3 is 10.1 Å². The summed E-state index contributed by atoms with van der Waals surface area (Å²) in [7, 11) is 0. The lowest BCUT2D eigenvalue weighted by molar-refractivity contribution is -0.154. The minimum atomic E-state index is -4.43. The molecule has 0 saturated carbocycles. The SMILES string of the molecule is C[C@@H](Cn1cccn1)NC(=O)c1ccc(OCC(F)(F)F)nc1. The summed E-state index contributed by atoms with van der Waals surface area (Å²) in [5, 5.41) is 6.78.